The summed E-state index contributed by atoms with van der Waals surface area (Å²) < 4.78 is 3.52. The van der Waals surface area contributed by atoms with Crippen LogP contribution < -0.4 is 11.2 Å². The fourth-order valence-electron chi connectivity index (χ4n) is 3.11. The maximum Gasteiger partial charge on any atom is 0.348 e. The van der Waals surface area contributed by atoms with Gasteiger partial charge in [-0.25, -0.2) is 9.48 Å². The van der Waals surface area contributed by atoms with Gasteiger partial charge >= 0.3 is 5.69 Å². The molecule has 6 heteroatoms. The molecular weight excluding hydrogens is 430 g/mol. The summed E-state index contributed by atoms with van der Waals surface area (Å²) in [5.74, 6) is 0. The lowest BCUT2D eigenvalue weighted by molar-refractivity contribution is 0.546. The lowest BCUT2D eigenvalue weighted by atomic mass is 10.1. The molecule has 3 aromatic carbocycles. The quantitative estimate of drug-likeness (QED) is 0.465. The fraction of sp³-hybridized carbons (Fsp3) is 0.0870. The highest BCUT2D eigenvalue weighted by molar-refractivity contribution is 9.10. The molecule has 0 amide bonds. The van der Waals surface area contributed by atoms with E-state index < -0.39 is 11.2 Å². The van der Waals surface area contributed by atoms with Crippen LogP contribution in [0, 0.1) is 0 Å². The molecule has 0 spiro atoms. The highest BCUT2D eigenvalue weighted by atomic mass is 79.9. The number of hydrogen-bond acceptors (Lipinski definition) is 3. The smallest absolute Gasteiger partial charge is 0.267 e. The van der Waals surface area contributed by atoms with E-state index in [1.54, 1.807) is 0 Å². The van der Waals surface area contributed by atoms with E-state index in [9.17, 15) is 9.59 Å². The van der Waals surface area contributed by atoms with Gasteiger partial charge in [0, 0.05) is 10.0 Å². The van der Waals surface area contributed by atoms with Crippen LogP contribution >= 0.6 is 15.9 Å². The molecule has 4 rings (SSSR count). The highest BCUT2D eigenvalue weighted by Crippen LogP contribution is 2.17. The van der Waals surface area contributed by atoms with Gasteiger partial charge in [-0.2, -0.15) is 5.10 Å². The normalized spacial score (nSPS) is 10.8. The number of aromatic nitrogens is 3. The van der Waals surface area contributed by atoms with Crippen LogP contribution in [0.3, 0.4) is 0 Å². The standard InChI is InChI=1S/C23H18BrN3O2/c24-20-13-11-19(12-14-20)21-22(28)26(15-17-7-3-1-4-8-17)23(29)27(25-21)16-18-9-5-2-6-10-18/h1-14H,15-16H2. The predicted octanol–water partition coefficient (Wildman–Crippen LogP) is 3.93. The first kappa shape index (κ1) is 19.1. The van der Waals surface area contributed by atoms with Crippen LogP contribution in [-0.4, -0.2) is 14.3 Å². The first-order valence-electron chi connectivity index (χ1n) is 9.17. The molecule has 0 aliphatic heterocycles. The van der Waals surface area contributed by atoms with Crippen molar-refractivity contribution in [1.29, 1.82) is 0 Å². The van der Waals surface area contributed by atoms with E-state index in [-0.39, 0.29) is 18.8 Å². The van der Waals surface area contributed by atoms with Crippen molar-refractivity contribution in [3.63, 3.8) is 0 Å². The summed E-state index contributed by atoms with van der Waals surface area (Å²) in [7, 11) is 0. The second-order valence-corrected chi connectivity index (χ2v) is 7.57. The largest absolute Gasteiger partial charge is 0.348 e. The number of nitrogens with zero attached hydrogens (tertiary/aromatic N) is 3. The maximum absolute atomic E-state index is 13.2. The Morgan fingerprint density at radius 3 is 1.86 bits per heavy atom. The van der Waals surface area contributed by atoms with Crippen LogP contribution in [0.4, 0.5) is 0 Å². The summed E-state index contributed by atoms with van der Waals surface area (Å²) in [4.78, 5) is 26.3. The van der Waals surface area contributed by atoms with E-state index in [0.717, 1.165) is 15.6 Å². The number of hydrogen-bond donors (Lipinski definition) is 0. The number of benzene rings is 3. The molecule has 0 aliphatic rings. The van der Waals surface area contributed by atoms with Crippen LogP contribution in [0.25, 0.3) is 11.3 Å². The topological polar surface area (TPSA) is 56.9 Å². The first-order valence-corrected chi connectivity index (χ1v) is 9.97. The second kappa shape index (κ2) is 8.41. The van der Waals surface area contributed by atoms with Gasteiger partial charge in [0.2, 0.25) is 0 Å². The summed E-state index contributed by atoms with van der Waals surface area (Å²) in [6, 6.07) is 26.4. The average molecular weight is 448 g/mol. The van der Waals surface area contributed by atoms with Crippen LogP contribution in [0.5, 0.6) is 0 Å². The molecule has 1 heterocycles. The third-order valence-electron chi connectivity index (χ3n) is 4.60. The van der Waals surface area contributed by atoms with Gasteiger partial charge in [-0.1, -0.05) is 88.7 Å². The molecular formula is C23H18BrN3O2. The molecule has 4 aromatic rings. The highest BCUT2D eigenvalue weighted by Gasteiger charge is 2.15. The zero-order valence-corrected chi connectivity index (χ0v) is 17.1. The van der Waals surface area contributed by atoms with Gasteiger partial charge in [0.1, 0.15) is 0 Å². The second-order valence-electron chi connectivity index (χ2n) is 6.66. The molecule has 0 fully saturated rings. The van der Waals surface area contributed by atoms with Gasteiger partial charge in [-0.05, 0) is 23.3 Å². The lowest BCUT2D eigenvalue weighted by Crippen LogP contribution is -2.42. The van der Waals surface area contributed by atoms with Crippen molar-refractivity contribution in [3.05, 3.63) is 121 Å². The zero-order valence-electron chi connectivity index (χ0n) is 15.5. The zero-order chi connectivity index (χ0) is 20.2. The van der Waals surface area contributed by atoms with Gasteiger partial charge in [0.25, 0.3) is 5.56 Å². The van der Waals surface area contributed by atoms with Crippen LogP contribution in [0.1, 0.15) is 11.1 Å². The molecule has 0 N–H and O–H groups in total. The Labute approximate surface area is 176 Å². The molecule has 0 aliphatic carbocycles. The third kappa shape index (κ3) is 4.27. The Balaban J connectivity index is 1.87. The Morgan fingerprint density at radius 2 is 1.28 bits per heavy atom. The fourth-order valence-corrected chi connectivity index (χ4v) is 3.38. The molecule has 0 unspecified atom stereocenters. The number of halogens is 1. The van der Waals surface area contributed by atoms with Gasteiger partial charge in [-0.3, -0.25) is 9.36 Å². The minimum absolute atomic E-state index is 0.194. The van der Waals surface area contributed by atoms with E-state index in [1.165, 1.54) is 9.25 Å². The SMILES string of the molecule is O=c1c(-c2ccc(Br)cc2)nn(Cc2ccccc2)c(=O)n1Cc1ccccc1. The monoisotopic (exact) mass is 447 g/mol. The summed E-state index contributed by atoms with van der Waals surface area (Å²) in [6.45, 7) is 0.484. The molecule has 29 heavy (non-hydrogen) atoms. The molecule has 1 aromatic heterocycles. The molecule has 144 valence electrons. The van der Waals surface area contributed by atoms with E-state index in [0.29, 0.717) is 5.56 Å². The Morgan fingerprint density at radius 1 is 0.724 bits per heavy atom. The first-order chi connectivity index (χ1) is 14.1. The van der Waals surface area contributed by atoms with E-state index in [2.05, 4.69) is 21.0 Å². The van der Waals surface area contributed by atoms with Gasteiger partial charge < -0.3 is 0 Å². The van der Waals surface area contributed by atoms with Crippen molar-refractivity contribution in [3.8, 4) is 11.3 Å². The van der Waals surface area contributed by atoms with Crippen LogP contribution in [-0.2, 0) is 13.1 Å². The van der Waals surface area contributed by atoms with E-state index in [4.69, 9.17) is 0 Å². The van der Waals surface area contributed by atoms with Gasteiger partial charge in [0.05, 0.1) is 13.1 Å². The van der Waals surface area contributed by atoms with Crippen molar-refractivity contribution in [2.75, 3.05) is 0 Å². The van der Waals surface area contributed by atoms with Crippen molar-refractivity contribution in [2.24, 2.45) is 0 Å². The average Bonchev–Trinajstić information content (AvgIpc) is 2.75. The van der Waals surface area contributed by atoms with Crippen LogP contribution in [0.2, 0.25) is 0 Å². The predicted molar refractivity (Wildman–Crippen MR) is 117 cm³/mol. The lowest BCUT2D eigenvalue weighted by Gasteiger charge is -2.12. The summed E-state index contributed by atoms with van der Waals surface area (Å²) in [6.07, 6.45) is 0. The summed E-state index contributed by atoms with van der Waals surface area (Å²) in [5, 5.41) is 4.42. The third-order valence-corrected chi connectivity index (χ3v) is 5.13. The molecule has 0 bridgehead atoms. The molecule has 5 nitrogen and oxygen atoms in total. The van der Waals surface area contributed by atoms with Crippen molar-refractivity contribution >= 4 is 15.9 Å². The van der Waals surface area contributed by atoms with E-state index >= 15 is 0 Å². The maximum atomic E-state index is 13.2. The van der Waals surface area contributed by atoms with Crippen molar-refractivity contribution in [1.82, 2.24) is 14.3 Å². The molecule has 0 saturated heterocycles. The number of rotatable bonds is 5. The minimum Gasteiger partial charge on any atom is -0.267 e. The molecule has 0 radical (unpaired) electrons. The van der Waals surface area contributed by atoms with E-state index in [1.807, 2.05) is 84.9 Å². The Hall–Kier alpha value is -3.25. The summed E-state index contributed by atoms with van der Waals surface area (Å²) in [5.41, 5.74) is 1.92. The van der Waals surface area contributed by atoms with Gasteiger partial charge in [0.15, 0.2) is 5.69 Å². The molecule has 0 saturated carbocycles. The summed E-state index contributed by atoms with van der Waals surface area (Å²) >= 11 is 3.41. The van der Waals surface area contributed by atoms with Crippen molar-refractivity contribution in [2.45, 2.75) is 13.1 Å². The Kier molecular flexibility index (Phi) is 5.53. The Bertz CT molecular complexity index is 1230. The van der Waals surface area contributed by atoms with Gasteiger partial charge in [-0.15, -0.1) is 0 Å². The van der Waals surface area contributed by atoms with Crippen LogP contribution in [0.15, 0.2) is 99.0 Å². The minimum atomic E-state index is -0.427. The van der Waals surface area contributed by atoms with Crippen molar-refractivity contribution < 1.29 is 0 Å². The molecule has 0 atom stereocenters.